The number of amides is 1. The minimum absolute atomic E-state index is 0.128. The second kappa shape index (κ2) is 8.37. The zero-order valence-electron chi connectivity index (χ0n) is 14.0. The fourth-order valence-corrected chi connectivity index (χ4v) is 2.47. The first kappa shape index (κ1) is 18.0. The van der Waals surface area contributed by atoms with Gasteiger partial charge < -0.3 is 15.1 Å². The summed E-state index contributed by atoms with van der Waals surface area (Å²) in [5.41, 5.74) is 2.09. The van der Waals surface area contributed by atoms with E-state index < -0.39 is 0 Å². The van der Waals surface area contributed by atoms with E-state index in [0.717, 1.165) is 43.0 Å². The highest BCUT2D eigenvalue weighted by atomic mass is 32.1. The van der Waals surface area contributed by atoms with E-state index in [1.165, 1.54) is 5.57 Å². The maximum absolute atomic E-state index is 12.6. The SMILES string of the molecule is CCCCNC(=S)N1CCC(C)=C(C(=O)N(C)C(C)C)C1. The number of likely N-dealkylation sites (N-methyl/N-ethyl adjacent to an activating group) is 1. The molecule has 120 valence electrons. The van der Waals surface area contributed by atoms with Gasteiger partial charge in [-0.1, -0.05) is 18.9 Å². The van der Waals surface area contributed by atoms with Gasteiger partial charge in [0.15, 0.2) is 5.11 Å². The Kier molecular flexibility index (Phi) is 7.15. The summed E-state index contributed by atoms with van der Waals surface area (Å²) in [5, 5.41) is 4.06. The van der Waals surface area contributed by atoms with Crippen LogP contribution in [0.4, 0.5) is 0 Å². The summed E-state index contributed by atoms with van der Waals surface area (Å²) in [5.74, 6) is 0.128. The van der Waals surface area contributed by atoms with Crippen LogP contribution in [-0.2, 0) is 4.79 Å². The molecule has 1 heterocycles. The van der Waals surface area contributed by atoms with Crippen molar-refractivity contribution in [2.75, 3.05) is 26.7 Å². The Balaban J connectivity index is 2.69. The largest absolute Gasteiger partial charge is 0.363 e. The van der Waals surface area contributed by atoms with E-state index in [-0.39, 0.29) is 11.9 Å². The molecule has 0 saturated heterocycles. The standard InChI is InChI=1S/C16H29N3OS/c1-6-7-9-17-16(21)19-10-8-13(4)14(11-19)15(20)18(5)12(2)3/h12H,6-11H2,1-5H3,(H,17,21). The highest BCUT2D eigenvalue weighted by Crippen LogP contribution is 2.20. The van der Waals surface area contributed by atoms with Crippen LogP contribution >= 0.6 is 12.2 Å². The maximum atomic E-state index is 12.6. The van der Waals surface area contributed by atoms with Crippen molar-refractivity contribution < 1.29 is 4.79 Å². The molecule has 0 atom stereocenters. The smallest absolute Gasteiger partial charge is 0.251 e. The minimum atomic E-state index is 0.128. The molecule has 5 heteroatoms. The summed E-state index contributed by atoms with van der Waals surface area (Å²) < 4.78 is 0. The highest BCUT2D eigenvalue weighted by Gasteiger charge is 2.26. The van der Waals surface area contributed by atoms with Crippen LogP contribution in [0.1, 0.15) is 47.0 Å². The quantitative estimate of drug-likeness (QED) is 0.625. The Labute approximate surface area is 134 Å². The molecule has 1 aliphatic rings. The molecule has 0 radical (unpaired) electrons. The summed E-state index contributed by atoms with van der Waals surface area (Å²) >= 11 is 5.45. The first-order chi connectivity index (χ1) is 9.88. The number of carbonyl (C=O) groups excluding carboxylic acids is 1. The molecule has 0 bridgehead atoms. The van der Waals surface area contributed by atoms with Crippen molar-refractivity contribution >= 4 is 23.2 Å². The Morgan fingerprint density at radius 3 is 2.71 bits per heavy atom. The van der Waals surface area contributed by atoms with Crippen LogP contribution in [0.15, 0.2) is 11.1 Å². The number of unbranched alkanes of at least 4 members (excludes halogenated alkanes) is 1. The van der Waals surface area contributed by atoms with Gasteiger partial charge in [-0.3, -0.25) is 4.79 Å². The van der Waals surface area contributed by atoms with Crippen molar-refractivity contribution in [3.8, 4) is 0 Å². The molecule has 4 nitrogen and oxygen atoms in total. The van der Waals surface area contributed by atoms with E-state index in [0.29, 0.717) is 6.54 Å². The number of hydrogen-bond donors (Lipinski definition) is 1. The Hall–Kier alpha value is -1.10. The Bertz CT molecular complexity index is 418. The fraction of sp³-hybridized carbons (Fsp3) is 0.750. The van der Waals surface area contributed by atoms with Gasteiger partial charge in [0.05, 0.1) is 6.54 Å². The van der Waals surface area contributed by atoms with E-state index in [9.17, 15) is 4.79 Å². The molecule has 0 unspecified atom stereocenters. The number of nitrogens with zero attached hydrogens (tertiary/aromatic N) is 2. The van der Waals surface area contributed by atoms with E-state index in [1.54, 1.807) is 4.90 Å². The zero-order chi connectivity index (χ0) is 16.0. The van der Waals surface area contributed by atoms with Crippen LogP contribution in [0.3, 0.4) is 0 Å². The predicted octanol–water partition coefficient (Wildman–Crippen LogP) is 2.55. The summed E-state index contributed by atoms with van der Waals surface area (Å²) in [6.07, 6.45) is 3.17. The zero-order valence-corrected chi connectivity index (χ0v) is 14.8. The maximum Gasteiger partial charge on any atom is 0.251 e. The number of hydrogen-bond acceptors (Lipinski definition) is 2. The predicted molar refractivity (Wildman–Crippen MR) is 92.3 cm³/mol. The van der Waals surface area contributed by atoms with Gasteiger partial charge in [0.1, 0.15) is 0 Å². The first-order valence-corrected chi connectivity index (χ1v) is 8.27. The molecule has 0 aromatic carbocycles. The third kappa shape index (κ3) is 4.99. The second-order valence-corrected chi connectivity index (χ2v) is 6.41. The average molecular weight is 311 g/mol. The molecule has 0 saturated carbocycles. The average Bonchev–Trinajstić information content (AvgIpc) is 2.46. The lowest BCUT2D eigenvalue weighted by atomic mass is 10.0. The van der Waals surface area contributed by atoms with Gasteiger partial charge in [-0.2, -0.15) is 0 Å². The molecule has 0 aromatic rings. The molecule has 1 rings (SSSR count). The number of nitrogens with one attached hydrogen (secondary N) is 1. The first-order valence-electron chi connectivity index (χ1n) is 7.87. The van der Waals surface area contributed by atoms with E-state index >= 15 is 0 Å². The minimum Gasteiger partial charge on any atom is -0.363 e. The molecule has 0 aliphatic carbocycles. The van der Waals surface area contributed by atoms with Crippen LogP contribution < -0.4 is 5.32 Å². The highest BCUT2D eigenvalue weighted by molar-refractivity contribution is 7.80. The van der Waals surface area contributed by atoms with Crippen molar-refractivity contribution in [3.63, 3.8) is 0 Å². The van der Waals surface area contributed by atoms with Crippen LogP contribution in [-0.4, -0.2) is 53.5 Å². The van der Waals surface area contributed by atoms with Gasteiger partial charge in [-0.05, 0) is 45.8 Å². The summed E-state index contributed by atoms with van der Waals surface area (Å²) in [6.45, 7) is 10.7. The molecule has 1 aliphatic heterocycles. The molecule has 21 heavy (non-hydrogen) atoms. The van der Waals surface area contributed by atoms with Crippen LogP contribution in [0, 0.1) is 0 Å². The van der Waals surface area contributed by atoms with Crippen LogP contribution in [0.5, 0.6) is 0 Å². The van der Waals surface area contributed by atoms with Gasteiger partial charge >= 0.3 is 0 Å². The van der Waals surface area contributed by atoms with E-state index in [2.05, 4.69) is 24.1 Å². The van der Waals surface area contributed by atoms with Crippen molar-refractivity contribution in [1.29, 1.82) is 0 Å². The van der Waals surface area contributed by atoms with Crippen molar-refractivity contribution in [2.45, 2.75) is 53.0 Å². The Morgan fingerprint density at radius 2 is 2.14 bits per heavy atom. The van der Waals surface area contributed by atoms with E-state index in [4.69, 9.17) is 12.2 Å². The van der Waals surface area contributed by atoms with Gasteiger partial charge in [0, 0.05) is 31.8 Å². The molecular weight excluding hydrogens is 282 g/mol. The van der Waals surface area contributed by atoms with Crippen molar-refractivity contribution in [1.82, 2.24) is 15.1 Å². The normalized spacial score (nSPS) is 15.4. The number of thiocarbonyl (C=S) groups is 1. The molecule has 0 spiro atoms. The molecule has 0 aromatic heterocycles. The van der Waals surface area contributed by atoms with Crippen LogP contribution in [0.2, 0.25) is 0 Å². The summed E-state index contributed by atoms with van der Waals surface area (Å²) in [6, 6.07) is 0.211. The molecule has 0 fully saturated rings. The lowest BCUT2D eigenvalue weighted by Crippen LogP contribution is -2.46. The third-order valence-corrected chi connectivity index (χ3v) is 4.47. The lowest BCUT2D eigenvalue weighted by molar-refractivity contribution is -0.127. The lowest BCUT2D eigenvalue weighted by Gasteiger charge is -2.33. The van der Waals surface area contributed by atoms with Gasteiger partial charge in [0.25, 0.3) is 5.91 Å². The Morgan fingerprint density at radius 1 is 1.48 bits per heavy atom. The molecular formula is C16H29N3OS. The van der Waals surface area contributed by atoms with Gasteiger partial charge in [-0.25, -0.2) is 0 Å². The van der Waals surface area contributed by atoms with E-state index in [1.807, 2.05) is 20.9 Å². The number of carbonyl (C=O) groups is 1. The fourth-order valence-electron chi connectivity index (χ4n) is 2.21. The van der Waals surface area contributed by atoms with Gasteiger partial charge in [0.2, 0.25) is 0 Å². The number of rotatable bonds is 5. The second-order valence-electron chi connectivity index (χ2n) is 6.03. The van der Waals surface area contributed by atoms with Crippen LogP contribution in [0.25, 0.3) is 0 Å². The summed E-state index contributed by atoms with van der Waals surface area (Å²) in [7, 11) is 1.87. The molecule has 1 N–H and O–H groups in total. The monoisotopic (exact) mass is 311 g/mol. The molecule has 1 amide bonds. The van der Waals surface area contributed by atoms with Crippen molar-refractivity contribution in [3.05, 3.63) is 11.1 Å². The van der Waals surface area contributed by atoms with Crippen molar-refractivity contribution in [2.24, 2.45) is 0 Å². The topological polar surface area (TPSA) is 35.6 Å². The summed E-state index contributed by atoms with van der Waals surface area (Å²) in [4.78, 5) is 16.5. The van der Waals surface area contributed by atoms with Gasteiger partial charge in [-0.15, -0.1) is 0 Å². The third-order valence-electron chi connectivity index (χ3n) is 4.07.